The average Bonchev–Trinajstić information content (AvgIpc) is 3.08. The molecule has 1 aliphatic carbocycles. The Morgan fingerprint density at radius 2 is 1.96 bits per heavy atom. The van der Waals surface area contributed by atoms with Gasteiger partial charge in [-0.3, -0.25) is 9.69 Å². The highest BCUT2D eigenvalue weighted by atomic mass is 16.7. The van der Waals surface area contributed by atoms with Crippen molar-refractivity contribution >= 4 is 11.6 Å². The topological polar surface area (TPSA) is 50.8 Å². The molecular weight excluding hydrogens is 304 g/mol. The number of fused-ring (bicyclic) bond motifs is 2. The lowest BCUT2D eigenvalue weighted by molar-refractivity contribution is -0.122. The number of anilines is 1. The zero-order chi connectivity index (χ0) is 16.5. The summed E-state index contributed by atoms with van der Waals surface area (Å²) in [5.41, 5.74) is 0.767. The first kappa shape index (κ1) is 15.8. The van der Waals surface area contributed by atoms with Gasteiger partial charge in [0.15, 0.2) is 11.5 Å². The molecule has 3 atom stereocenters. The number of piperidine rings is 1. The van der Waals surface area contributed by atoms with Crippen LogP contribution in [0.25, 0.3) is 0 Å². The Morgan fingerprint density at radius 3 is 2.83 bits per heavy atom. The summed E-state index contributed by atoms with van der Waals surface area (Å²) in [6, 6.07) is 5.44. The van der Waals surface area contributed by atoms with Crippen molar-refractivity contribution < 1.29 is 14.3 Å². The van der Waals surface area contributed by atoms with Gasteiger partial charge in [0.25, 0.3) is 0 Å². The highest BCUT2D eigenvalue weighted by Gasteiger charge is 2.34. The van der Waals surface area contributed by atoms with E-state index in [9.17, 15) is 4.79 Å². The van der Waals surface area contributed by atoms with Crippen LogP contribution in [0, 0.1) is 11.8 Å². The van der Waals surface area contributed by atoms with Gasteiger partial charge in [-0.25, -0.2) is 0 Å². The van der Waals surface area contributed by atoms with Crippen molar-refractivity contribution in [1.82, 2.24) is 4.90 Å². The van der Waals surface area contributed by atoms with E-state index in [0.29, 0.717) is 5.75 Å². The predicted molar refractivity (Wildman–Crippen MR) is 92.3 cm³/mol. The molecule has 24 heavy (non-hydrogen) atoms. The van der Waals surface area contributed by atoms with E-state index in [1.54, 1.807) is 0 Å². The molecule has 3 aliphatic rings. The third-order valence-corrected chi connectivity index (χ3v) is 5.89. The minimum absolute atomic E-state index is 0.0584. The van der Waals surface area contributed by atoms with E-state index in [0.717, 1.165) is 36.4 Å². The smallest absolute Gasteiger partial charge is 0.241 e. The van der Waals surface area contributed by atoms with Crippen LogP contribution in [0.1, 0.15) is 39.0 Å². The Bertz CT molecular complexity index is 619. The molecule has 0 bridgehead atoms. The third kappa shape index (κ3) is 3.09. The van der Waals surface area contributed by atoms with Gasteiger partial charge in [0.1, 0.15) is 0 Å². The van der Waals surface area contributed by atoms with Crippen LogP contribution in [-0.4, -0.2) is 36.7 Å². The second-order valence-corrected chi connectivity index (χ2v) is 7.32. The van der Waals surface area contributed by atoms with Crippen molar-refractivity contribution in [3.63, 3.8) is 0 Å². The lowest BCUT2D eigenvalue weighted by Gasteiger charge is -2.43. The third-order valence-electron chi connectivity index (χ3n) is 5.89. The molecule has 5 nitrogen and oxygen atoms in total. The number of likely N-dealkylation sites (tertiary alicyclic amines) is 1. The molecule has 4 rings (SSSR count). The largest absolute Gasteiger partial charge is 0.454 e. The summed E-state index contributed by atoms with van der Waals surface area (Å²) in [5, 5.41) is 3.02. The number of carbonyl (C=O) groups excluding carboxylic acids is 1. The molecule has 0 radical (unpaired) electrons. The lowest BCUT2D eigenvalue weighted by atomic mass is 9.75. The Labute approximate surface area is 143 Å². The summed E-state index contributed by atoms with van der Waals surface area (Å²) in [7, 11) is 0. The molecule has 0 aromatic heterocycles. The zero-order valence-corrected chi connectivity index (χ0v) is 14.3. The van der Waals surface area contributed by atoms with Crippen LogP contribution in [0.2, 0.25) is 0 Å². The maximum Gasteiger partial charge on any atom is 0.241 e. The number of hydrogen-bond acceptors (Lipinski definition) is 4. The molecule has 130 valence electrons. The second-order valence-electron chi connectivity index (χ2n) is 7.32. The fraction of sp³-hybridized carbons (Fsp3) is 0.632. The normalized spacial score (nSPS) is 27.4. The summed E-state index contributed by atoms with van der Waals surface area (Å²) in [6.45, 7) is 4.38. The number of carbonyl (C=O) groups is 1. The number of benzene rings is 1. The van der Waals surface area contributed by atoms with Crippen molar-refractivity contribution in [2.24, 2.45) is 11.8 Å². The molecule has 0 spiro atoms. The standard InChI is InChI=1S/C19H26N2O3/c1-13(21-9-8-14-4-2-3-5-15(14)11-21)19(22)20-16-6-7-17-18(10-16)24-12-23-17/h6-7,10,13-15H,2-5,8-9,11-12H2,1H3,(H,20,22)/t13-,14-,15+/m0/s1. The minimum atomic E-state index is -0.0988. The van der Waals surface area contributed by atoms with Gasteiger partial charge >= 0.3 is 0 Å². The number of ether oxygens (including phenoxy) is 2. The molecule has 1 saturated carbocycles. The van der Waals surface area contributed by atoms with Gasteiger partial charge in [-0.1, -0.05) is 19.3 Å². The van der Waals surface area contributed by atoms with Crippen molar-refractivity contribution in [3.8, 4) is 11.5 Å². The Balaban J connectivity index is 1.37. The molecule has 1 aromatic carbocycles. The van der Waals surface area contributed by atoms with E-state index in [1.165, 1.54) is 32.1 Å². The fourth-order valence-electron chi connectivity index (χ4n) is 4.37. The van der Waals surface area contributed by atoms with E-state index in [2.05, 4.69) is 10.2 Å². The van der Waals surface area contributed by atoms with Crippen LogP contribution in [-0.2, 0) is 4.79 Å². The number of hydrogen-bond donors (Lipinski definition) is 1. The van der Waals surface area contributed by atoms with Gasteiger partial charge in [-0.05, 0) is 50.3 Å². The van der Waals surface area contributed by atoms with Crippen LogP contribution in [0.5, 0.6) is 11.5 Å². The predicted octanol–water partition coefficient (Wildman–Crippen LogP) is 3.25. The highest BCUT2D eigenvalue weighted by Crippen LogP contribution is 2.37. The first-order valence-corrected chi connectivity index (χ1v) is 9.15. The van der Waals surface area contributed by atoms with E-state index < -0.39 is 0 Å². The molecule has 2 heterocycles. The van der Waals surface area contributed by atoms with E-state index in [1.807, 2.05) is 25.1 Å². The fourth-order valence-corrected chi connectivity index (χ4v) is 4.37. The summed E-state index contributed by atoms with van der Waals surface area (Å²) < 4.78 is 10.7. The molecule has 0 unspecified atom stereocenters. The molecule has 1 aromatic rings. The van der Waals surface area contributed by atoms with Crippen LogP contribution < -0.4 is 14.8 Å². The lowest BCUT2D eigenvalue weighted by Crippen LogP contribution is -2.49. The number of amides is 1. The highest BCUT2D eigenvalue weighted by molar-refractivity contribution is 5.94. The monoisotopic (exact) mass is 330 g/mol. The second kappa shape index (κ2) is 6.63. The summed E-state index contributed by atoms with van der Waals surface area (Å²) in [5.74, 6) is 3.17. The quantitative estimate of drug-likeness (QED) is 0.924. The van der Waals surface area contributed by atoms with Gasteiger partial charge in [0.2, 0.25) is 12.7 Å². The van der Waals surface area contributed by atoms with Crippen LogP contribution in [0.3, 0.4) is 0 Å². The minimum Gasteiger partial charge on any atom is -0.454 e. The van der Waals surface area contributed by atoms with Crippen LogP contribution in [0.15, 0.2) is 18.2 Å². The summed E-state index contributed by atoms with van der Waals surface area (Å²) in [4.78, 5) is 15.0. The average molecular weight is 330 g/mol. The van der Waals surface area contributed by atoms with Crippen LogP contribution in [0.4, 0.5) is 5.69 Å². The van der Waals surface area contributed by atoms with Gasteiger partial charge in [-0.15, -0.1) is 0 Å². The SMILES string of the molecule is C[C@@H](C(=O)Nc1ccc2c(c1)OCO2)N1CC[C@@H]2CCCC[C@@H]2C1. The van der Waals surface area contributed by atoms with Crippen molar-refractivity contribution in [3.05, 3.63) is 18.2 Å². The molecule has 2 aliphatic heterocycles. The number of rotatable bonds is 3. The molecule has 1 N–H and O–H groups in total. The van der Waals surface area contributed by atoms with Gasteiger partial charge in [-0.2, -0.15) is 0 Å². The number of nitrogens with zero attached hydrogens (tertiary/aromatic N) is 1. The molecule has 2 fully saturated rings. The Hall–Kier alpha value is -1.75. The van der Waals surface area contributed by atoms with Crippen molar-refractivity contribution in [2.75, 3.05) is 25.2 Å². The maximum absolute atomic E-state index is 12.6. The van der Waals surface area contributed by atoms with E-state index in [-0.39, 0.29) is 18.7 Å². The van der Waals surface area contributed by atoms with Crippen molar-refractivity contribution in [2.45, 2.75) is 45.1 Å². The first-order valence-electron chi connectivity index (χ1n) is 9.15. The van der Waals surface area contributed by atoms with Crippen molar-refractivity contribution in [1.29, 1.82) is 0 Å². The Morgan fingerprint density at radius 1 is 1.17 bits per heavy atom. The van der Waals surface area contributed by atoms with E-state index >= 15 is 0 Å². The maximum atomic E-state index is 12.6. The van der Waals surface area contributed by atoms with Gasteiger partial charge in [0, 0.05) is 18.3 Å². The Kier molecular flexibility index (Phi) is 4.35. The molecule has 5 heteroatoms. The summed E-state index contributed by atoms with van der Waals surface area (Å²) >= 11 is 0. The zero-order valence-electron chi connectivity index (χ0n) is 14.3. The molecular formula is C19H26N2O3. The van der Waals surface area contributed by atoms with Gasteiger partial charge < -0.3 is 14.8 Å². The number of nitrogens with one attached hydrogen (secondary N) is 1. The molecule has 1 amide bonds. The first-order chi connectivity index (χ1) is 11.7. The van der Waals surface area contributed by atoms with Crippen LogP contribution >= 0.6 is 0 Å². The van der Waals surface area contributed by atoms with Gasteiger partial charge in [0.05, 0.1) is 6.04 Å². The van der Waals surface area contributed by atoms with E-state index in [4.69, 9.17) is 9.47 Å². The molecule has 1 saturated heterocycles. The summed E-state index contributed by atoms with van der Waals surface area (Å²) in [6.07, 6.45) is 6.70.